The molecule has 0 aliphatic heterocycles. The van der Waals surface area contributed by atoms with E-state index in [1.807, 2.05) is 0 Å². The number of carbonyl (C=O) groups excluding carboxylic acids is 1. The fourth-order valence-corrected chi connectivity index (χ4v) is 4.10. The van der Waals surface area contributed by atoms with Crippen molar-refractivity contribution in [1.82, 2.24) is 4.90 Å². The molecule has 0 radical (unpaired) electrons. The van der Waals surface area contributed by atoms with Crippen molar-refractivity contribution in [2.75, 3.05) is 18.9 Å². The summed E-state index contributed by atoms with van der Waals surface area (Å²) in [5, 5.41) is 3.19. The van der Waals surface area contributed by atoms with Crippen molar-refractivity contribution in [1.29, 1.82) is 0 Å². The lowest BCUT2D eigenvalue weighted by molar-refractivity contribution is -0.117. The van der Waals surface area contributed by atoms with Gasteiger partial charge in [-0.2, -0.15) is 0 Å². The van der Waals surface area contributed by atoms with Crippen molar-refractivity contribution in [3.63, 3.8) is 0 Å². The summed E-state index contributed by atoms with van der Waals surface area (Å²) in [6.07, 6.45) is 5.31. The highest BCUT2D eigenvalue weighted by atomic mass is 16.2. The van der Waals surface area contributed by atoms with Gasteiger partial charge < -0.3 is 5.32 Å². The first-order valence-electron chi connectivity index (χ1n) is 9.82. The van der Waals surface area contributed by atoms with E-state index in [0.717, 1.165) is 31.4 Å². The predicted molar refractivity (Wildman–Crippen MR) is 109 cm³/mol. The van der Waals surface area contributed by atoms with Crippen LogP contribution in [0.1, 0.15) is 55.0 Å². The van der Waals surface area contributed by atoms with E-state index in [-0.39, 0.29) is 5.91 Å². The molecule has 2 aromatic carbocycles. The Bertz CT molecular complexity index is 746. The minimum Gasteiger partial charge on any atom is -0.324 e. The summed E-state index contributed by atoms with van der Waals surface area (Å²) < 4.78 is 0. The molecule has 0 fully saturated rings. The molecule has 1 atom stereocenters. The van der Waals surface area contributed by atoms with Crippen molar-refractivity contribution in [3.8, 4) is 0 Å². The van der Waals surface area contributed by atoms with Crippen LogP contribution in [0.25, 0.3) is 0 Å². The van der Waals surface area contributed by atoms with Crippen LogP contribution in [-0.4, -0.2) is 24.4 Å². The number of hydrogen-bond donors (Lipinski definition) is 1. The number of fused-ring (bicyclic) bond motifs is 1. The van der Waals surface area contributed by atoms with Crippen molar-refractivity contribution < 1.29 is 4.79 Å². The third-order valence-electron chi connectivity index (χ3n) is 5.53. The fraction of sp³-hybridized carbons (Fsp3) is 0.435. The minimum atomic E-state index is 0.0751. The third-order valence-corrected chi connectivity index (χ3v) is 5.53. The summed E-state index contributed by atoms with van der Waals surface area (Å²) in [4.78, 5) is 15.0. The SMILES string of the molecule is CCc1cccc(CC)c1NC(=O)CN(C)[C@H]1CCCc2ccccc21. The molecule has 0 saturated carbocycles. The van der Waals surface area contributed by atoms with Gasteiger partial charge in [-0.3, -0.25) is 9.69 Å². The molecule has 0 unspecified atom stereocenters. The summed E-state index contributed by atoms with van der Waals surface area (Å²) in [6.45, 7) is 4.69. The first-order chi connectivity index (χ1) is 12.6. The van der Waals surface area contributed by atoms with Crippen LogP contribution >= 0.6 is 0 Å². The average Bonchev–Trinajstić information content (AvgIpc) is 2.67. The van der Waals surface area contributed by atoms with Gasteiger partial charge >= 0.3 is 0 Å². The van der Waals surface area contributed by atoms with Gasteiger partial charge in [0.1, 0.15) is 0 Å². The van der Waals surface area contributed by atoms with Gasteiger partial charge in [-0.05, 0) is 61.4 Å². The Morgan fingerprint density at radius 1 is 1.08 bits per heavy atom. The lowest BCUT2D eigenvalue weighted by Gasteiger charge is -2.33. The standard InChI is InChI=1S/C23H30N2O/c1-4-17-11-8-12-18(5-2)23(17)24-22(26)16-25(3)21-15-9-13-19-10-6-7-14-20(19)21/h6-8,10-12,14,21H,4-5,9,13,15-16H2,1-3H3,(H,24,26)/t21-/m0/s1. The summed E-state index contributed by atoms with van der Waals surface area (Å²) in [5.74, 6) is 0.0751. The van der Waals surface area contributed by atoms with Crippen LogP contribution in [0.15, 0.2) is 42.5 Å². The van der Waals surface area contributed by atoms with Gasteiger partial charge in [-0.15, -0.1) is 0 Å². The largest absolute Gasteiger partial charge is 0.324 e. The van der Waals surface area contributed by atoms with Crippen molar-refractivity contribution in [2.45, 2.75) is 52.0 Å². The maximum absolute atomic E-state index is 12.8. The average molecular weight is 351 g/mol. The van der Waals surface area contributed by atoms with E-state index in [2.05, 4.69) is 73.6 Å². The number of nitrogens with zero attached hydrogens (tertiary/aromatic N) is 1. The van der Waals surface area contributed by atoms with Gasteiger partial charge in [0.2, 0.25) is 5.91 Å². The van der Waals surface area contributed by atoms with Crippen LogP contribution in [0.5, 0.6) is 0 Å². The molecule has 1 aliphatic rings. The second-order valence-corrected chi connectivity index (χ2v) is 7.23. The van der Waals surface area contributed by atoms with E-state index in [1.54, 1.807) is 0 Å². The van der Waals surface area contributed by atoms with Crippen molar-refractivity contribution >= 4 is 11.6 Å². The molecule has 3 nitrogen and oxygen atoms in total. The second kappa shape index (κ2) is 8.50. The fourth-order valence-electron chi connectivity index (χ4n) is 4.10. The molecule has 26 heavy (non-hydrogen) atoms. The Labute approximate surface area is 157 Å². The Kier molecular flexibility index (Phi) is 6.10. The van der Waals surface area contributed by atoms with Crippen LogP contribution in [0.3, 0.4) is 0 Å². The van der Waals surface area contributed by atoms with E-state index in [1.165, 1.54) is 28.7 Å². The lowest BCUT2D eigenvalue weighted by Crippen LogP contribution is -2.35. The number of hydrogen-bond acceptors (Lipinski definition) is 2. The zero-order valence-electron chi connectivity index (χ0n) is 16.2. The molecular weight excluding hydrogens is 320 g/mol. The van der Waals surface area contributed by atoms with Crippen LogP contribution in [0, 0.1) is 0 Å². The van der Waals surface area contributed by atoms with Gasteiger partial charge in [-0.1, -0.05) is 56.3 Å². The van der Waals surface area contributed by atoms with Crippen LogP contribution in [-0.2, 0) is 24.1 Å². The molecule has 0 spiro atoms. The van der Waals surface area contributed by atoms with Gasteiger partial charge in [0.15, 0.2) is 0 Å². The normalized spacial score (nSPS) is 16.4. The Morgan fingerprint density at radius 2 is 1.77 bits per heavy atom. The summed E-state index contributed by atoms with van der Waals surface area (Å²) >= 11 is 0. The molecule has 0 bridgehead atoms. The molecule has 0 saturated heterocycles. The quantitative estimate of drug-likeness (QED) is 0.815. The molecule has 138 valence electrons. The van der Waals surface area contributed by atoms with E-state index in [0.29, 0.717) is 12.6 Å². The molecule has 1 amide bonds. The predicted octanol–water partition coefficient (Wildman–Crippen LogP) is 4.76. The number of nitrogens with one attached hydrogen (secondary N) is 1. The first kappa shape index (κ1) is 18.7. The monoisotopic (exact) mass is 350 g/mol. The molecule has 1 N–H and O–H groups in total. The number of anilines is 1. The second-order valence-electron chi connectivity index (χ2n) is 7.23. The zero-order valence-corrected chi connectivity index (χ0v) is 16.2. The lowest BCUT2D eigenvalue weighted by atomic mass is 9.87. The number of benzene rings is 2. The molecule has 3 rings (SSSR count). The van der Waals surface area contributed by atoms with Gasteiger partial charge in [0.05, 0.1) is 6.54 Å². The Balaban J connectivity index is 1.72. The smallest absolute Gasteiger partial charge is 0.238 e. The number of para-hydroxylation sites is 1. The maximum Gasteiger partial charge on any atom is 0.238 e. The van der Waals surface area contributed by atoms with Gasteiger partial charge in [0, 0.05) is 11.7 Å². The van der Waals surface area contributed by atoms with E-state index >= 15 is 0 Å². The molecule has 1 aliphatic carbocycles. The van der Waals surface area contributed by atoms with Crippen LogP contribution in [0.4, 0.5) is 5.69 Å². The Hall–Kier alpha value is -2.13. The third kappa shape index (κ3) is 3.99. The number of amides is 1. The highest BCUT2D eigenvalue weighted by Gasteiger charge is 2.24. The van der Waals surface area contributed by atoms with Crippen molar-refractivity contribution in [3.05, 3.63) is 64.7 Å². The summed E-state index contributed by atoms with van der Waals surface area (Å²) in [6, 6.07) is 15.3. The highest BCUT2D eigenvalue weighted by molar-refractivity contribution is 5.93. The van der Waals surface area contributed by atoms with Crippen LogP contribution < -0.4 is 5.32 Å². The number of carbonyl (C=O) groups is 1. The first-order valence-corrected chi connectivity index (χ1v) is 9.82. The van der Waals surface area contributed by atoms with E-state index < -0.39 is 0 Å². The van der Waals surface area contributed by atoms with Gasteiger partial charge in [-0.25, -0.2) is 0 Å². The number of likely N-dealkylation sites (N-methyl/N-ethyl adjacent to an activating group) is 1. The maximum atomic E-state index is 12.8. The molecule has 2 aromatic rings. The highest BCUT2D eigenvalue weighted by Crippen LogP contribution is 2.33. The molecule has 3 heteroatoms. The topological polar surface area (TPSA) is 32.3 Å². The molecule has 0 heterocycles. The van der Waals surface area contributed by atoms with Crippen molar-refractivity contribution in [2.24, 2.45) is 0 Å². The molecular formula is C23H30N2O. The number of aryl methyl sites for hydroxylation is 3. The molecule has 0 aromatic heterocycles. The summed E-state index contributed by atoms with van der Waals surface area (Å²) in [5.41, 5.74) is 6.25. The minimum absolute atomic E-state index is 0.0751. The summed E-state index contributed by atoms with van der Waals surface area (Å²) in [7, 11) is 2.07. The van der Waals surface area contributed by atoms with Gasteiger partial charge in [0.25, 0.3) is 0 Å². The number of rotatable bonds is 6. The van der Waals surface area contributed by atoms with Crippen LogP contribution in [0.2, 0.25) is 0 Å². The van der Waals surface area contributed by atoms with E-state index in [9.17, 15) is 4.79 Å². The van der Waals surface area contributed by atoms with E-state index in [4.69, 9.17) is 0 Å². The Morgan fingerprint density at radius 3 is 2.46 bits per heavy atom. The zero-order chi connectivity index (χ0) is 18.5.